The van der Waals surface area contributed by atoms with Gasteiger partial charge in [0, 0.05) is 6.61 Å². The fourth-order valence-electron chi connectivity index (χ4n) is 3.21. The van der Waals surface area contributed by atoms with Gasteiger partial charge in [0.25, 0.3) is 0 Å². The van der Waals surface area contributed by atoms with Gasteiger partial charge in [0.1, 0.15) is 0 Å². The number of hydrogen-bond acceptors (Lipinski definition) is 1. The van der Waals surface area contributed by atoms with Crippen LogP contribution in [-0.4, -0.2) is 16.1 Å². The minimum Gasteiger partial charge on any atom is -0.396 e. The molecule has 0 fully saturated rings. The molecule has 0 rings (SSSR count). The summed E-state index contributed by atoms with van der Waals surface area (Å²) in [7, 11) is 0. The molecular weight excluding hydrogens is 395 g/mol. The van der Waals surface area contributed by atoms with Gasteiger partial charge in [-0.3, -0.25) is 0 Å². The summed E-state index contributed by atoms with van der Waals surface area (Å²) in [6, 6.07) is 0. The molecule has 0 aromatic carbocycles. The van der Waals surface area contributed by atoms with E-state index in [0.29, 0.717) is 6.61 Å². The van der Waals surface area contributed by atoms with Crippen LogP contribution in [0.5, 0.6) is 0 Å². The van der Waals surface area contributed by atoms with Gasteiger partial charge in [-0.15, -0.1) is 0 Å². The molecule has 0 aliphatic heterocycles. The van der Waals surface area contributed by atoms with Crippen LogP contribution in [0.15, 0.2) is 0 Å². The Morgan fingerprint density at radius 3 is 0.783 bits per heavy atom. The molecule has 1 N–H and O–H groups in total. The lowest BCUT2D eigenvalue weighted by molar-refractivity contribution is 0.282. The number of halogens is 1. The molecule has 0 aromatic heterocycles. The Bertz CT molecular complexity index is 176. The van der Waals surface area contributed by atoms with Gasteiger partial charge in [0.05, 0.1) is 0 Å². The van der Waals surface area contributed by atoms with Crippen LogP contribution in [0.3, 0.4) is 0 Å². The van der Waals surface area contributed by atoms with Crippen LogP contribution in [0, 0.1) is 0 Å². The average molecular weight is 438 g/mol. The Labute approximate surface area is 160 Å². The molecule has 2 heteroatoms. The van der Waals surface area contributed by atoms with Gasteiger partial charge in [-0.1, -0.05) is 132 Å². The normalized spacial score (nSPS) is 11.2. The minimum atomic E-state index is 0.374. The summed E-state index contributed by atoms with van der Waals surface area (Å²) in [5.41, 5.74) is 0. The number of unbranched alkanes of at least 4 members (excludes halogenated alkanes) is 18. The molecule has 0 heterocycles. The van der Waals surface area contributed by atoms with Crippen LogP contribution in [0.1, 0.15) is 122 Å². The lowest BCUT2D eigenvalue weighted by Gasteiger charge is -2.03. The summed E-state index contributed by atoms with van der Waals surface area (Å²) in [4.78, 5) is 0. The molecular formula is C21H43IO. The number of hydrogen-bond donors (Lipinski definition) is 1. The second kappa shape index (κ2) is 22.7. The van der Waals surface area contributed by atoms with E-state index >= 15 is 0 Å². The van der Waals surface area contributed by atoms with E-state index in [-0.39, 0.29) is 0 Å². The van der Waals surface area contributed by atoms with Crippen molar-refractivity contribution >= 4 is 22.6 Å². The van der Waals surface area contributed by atoms with E-state index in [1.165, 1.54) is 120 Å². The molecule has 0 atom stereocenters. The summed E-state index contributed by atoms with van der Waals surface area (Å²) >= 11 is 2.48. The molecule has 0 aliphatic carbocycles. The Morgan fingerprint density at radius 1 is 0.348 bits per heavy atom. The Hall–Kier alpha value is 0.690. The van der Waals surface area contributed by atoms with Crippen molar-refractivity contribution < 1.29 is 5.11 Å². The fraction of sp³-hybridized carbons (Fsp3) is 1.00. The van der Waals surface area contributed by atoms with Gasteiger partial charge in [-0.25, -0.2) is 0 Å². The molecule has 0 saturated heterocycles. The van der Waals surface area contributed by atoms with Crippen molar-refractivity contribution in [2.75, 3.05) is 11.0 Å². The highest BCUT2D eigenvalue weighted by Gasteiger charge is 1.95. The van der Waals surface area contributed by atoms with Crippen molar-refractivity contribution in [3.8, 4) is 0 Å². The quantitative estimate of drug-likeness (QED) is 0.117. The second-order valence-electron chi connectivity index (χ2n) is 7.13. The number of aliphatic hydroxyl groups is 1. The van der Waals surface area contributed by atoms with Crippen molar-refractivity contribution in [1.29, 1.82) is 0 Å². The van der Waals surface area contributed by atoms with Gasteiger partial charge >= 0.3 is 0 Å². The zero-order valence-corrected chi connectivity index (χ0v) is 17.8. The third kappa shape index (κ3) is 22.7. The highest BCUT2D eigenvalue weighted by atomic mass is 127. The van der Waals surface area contributed by atoms with Gasteiger partial charge in [0.15, 0.2) is 0 Å². The molecule has 0 radical (unpaired) electrons. The van der Waals surface area contributed by atoms with E-state index in [1.807, 2.05) is 0 Å². The SMILES string of the molecule is OCCCCCCCCCCCCCCCCCCCCCI. The van der Waals surface area contributed by atoms with E-state index in [9.17, 15) is 0 Å². The van der Waals surface area contributed by atoms with Crippen LogP contribution in [0.4, 0.5) is 0 Å². The standard InChI is InChI=1S/C21H43IO/c22-20-18-16-14-12-10-8-6-4-2-1-3-5-7-9-11-13-15-17-19-21-23/h23H,1-21H2. The zero-order valence-electron chi connectivity index (χ0n) is 15.7. The van der Waals surface area contributed by atoms with Crippen molar-refractivity contribution in [3.63, 3.8) is 0 Å². The molecule has 1 nitrogen and oxygen atoms in total. The third-order valence-electron chi connectivity index (χ3n) is 4.79. The fourth-order valence-corrected chi connectivity index (χ4v) is 3.75. The predicted octanol–water partition coefficient (Wildman–Crippen LogP) is 7.83. The van der Waals surface area contributed by atoms with E-state index in [4.69, 9.17) is 5.11 Å². The zero-order chi connectivity index (χ0) is 16.8. The number of rotatable bonds is 20. The summed E-state index contributed by atoms with van der Waals surface area (Å²) in [5.74, 6) is 0. The monoisotopic (exact) mass is 438 g/mol. The van der Waals surface area contributed by atoms with Crippen LogP contribution in [-0.2, 0) is 0 Å². The first-order valence-corrected chi connectivity index (χ1v) is 12.1. The lowest BCUT2D eigenvalue weighted by Crippen LogP contribution is -1.85. The van der Waals surface area contributed by atoms with Crippen molar-refractivity contribution in [2.45, 2.75) is 122 Å². The van der Waals surface area contributed by atoms with Gasteiger partial charge in [-0.05, 0) is 17.3 Å². The van der Waals surface area contributed by atoms with E-state index in [1.54, 1.807) is 0 Å². The molecule has 0 unspecified atom stereocenters. The molecule has 0 bridgehead atoms. The maximum atomic E-state index is 8.71. The molecule has 23 heavy (non-hydrogen) atoms. The summed E-state index contributed by atoms with van der Waals surface area (Å²) in [6.45, 7) is 0.374. The first kappa shape index (κ1) is 23.7. The molecule has 0 amide bonds. The van der Waals surface area contributed by atoms with Gasteiger partial charge in [0.2, 0.25) is 0 Å². The number of aliphatic hydroxyl groups excluding tert-OH is 1. The van der Waals surface area contributed by atoms with Crippen LogP contribution >= 0.6 is 22.6 Å². The predicted molar refractivity (Wildman–Crippen MR) is 114 cm³/mol. The molecule has 140 valence electrons. The molecule has 0 aromatic rings. The first-order chi connectivity index (χ1) is 11.4. The van der Waals surface area contributed by atoms with Crippen LogP contribution in [0.25, 0.3) is 0 Å². The molecule has 0 aliphatic rings. The topological polar surface area (TPSA) is 20.2 Å². The van der Waals surface area contributed by atoms with E-state index in [2.05, 4.69) is 22.6 Å². The average Bonchev–Trinajstić information content (AvgIpc) is 2.57. The molecule has 0 spiro atoms. The minimum absolute atomic E-state index is 0.374. The smallest absolute Gasteiger partial charge is 0.0431 e. The maximum absolute atomic E-state index is 8.71. The first-order valence-electron chi connectivity index (χ1n) is 10.6. The van der Waals surface area contributed by atoms with Crippen molar-refractivity contribution in [2.24, 2.45) is 0 Å². The van der Waals surface area contributed by atoms with Gasteiger partial charge in [-0.2, -0.15) is 0 Å². The van der Waals surface area contributed by atoms with E-state index in [0.717, 1.165) is 6.42 Å². The Kier molecular flexibility index (Phi) is 23.4. The maximum Gasteiger partial charge on any atom is 0.0431 e. The van der Waals surface area contributed by atoms with E-state index < -0.39 is 0 Å². The summed E-state index contributed by atoms with van der Waals surface area (Å²) in [6.07, 6.45) is 26.7. The highest BCUT2D eigenvalue weighted by Crippen LogP contribution is 2.14. The Morgan fingerprint density at radius 2 is 0.565 bits per heavy atom. The lowest BCUT2D eigenvalue weighted by atomic mass is 10.0. The van der Waals surface area contributed by atoms with Crippen LogP contribution < -0.4 is 0 Å². The van der Waals surface area contributed by atoms with Crippen molar-refractivity contribution in [1.82, 2.24) is 0 Å². The van der Waals surface area contributed by atoms with Crippen LogP contribution in [0.2, 0.25) is 0 Å². The largest absolute Gasteiger partial charge is 0.396 e. The van der Waals surface area contributed by atoms with Crippen molar-refractivity contribution in [3.05, 3.63) is 0 Å². The summed E-state index contributed by atoms with van der Waals surface area (Å²) < 4.78 is 1.34. The molecule has 0 saturated carbocycles. The summed E-state index contributed by atoms with van der Waals surface area (Å²) in [5, 5.41) is 8.71. The highest BCUT2D eigenvalue weighted by molar-refractivity contribution is 14.1. The van der Waals surface area contributed by atoms with Gasteiger partial charge < -0.3 is 5.11 Å². The Balaban J connectivity index is 2.92. The third-order valence-corrected chi connectivity index (χ3v) is 5.55. The number of alkyl halides is 1. The second-order valence-corrected chi connectivity index (χ2v) is 8.21.